The second-order valence-electron chi connectivity index (χ2n) is 5.01. The topological polar surface area (TPSA) is 55.4 Å². The Morgan fingerprint density at radius 1 is 1.40 bits per heavy atom. The normalized spacial score (nSPS) is 21.1. The summed E-state index contributed by atoms with van der Waals surface area (Å²) in [5.74, 6) is -0.254. The zero-order valence-corrected chi connectivity index (χ0v) is 12.0. The number of rotatable bonds is 3. The van der Waals surface area contributed by atoms with Crippen molar-refractivity contribution in [1.82, 2.24) is 5.32 Å². The van der Waals surface area contributed by atoms with Crippen LogP contribution in [0.3, 0.4) is 0 Å². The lowest BCUT2D eigenvalue weighted by Gasteiger charge is -2.32. The number of ether oxygens (including phenoxy) is 1. The third-order valence-corrected chi connectivity index (χ3v) is 3.79. The first-order valence-electron chi connectivity index (χ1n) is 6.78. The minimum atomic E-state index is -0.403. The van der Waals surface area contributed by atoms with E-state index in [0.29, 0.717) is 5.56 Å². The number of amides is 1. The van der Waals surface area contributed by atoms with Crippen LogP contribution in [0, 0.1) is 5.92 Å². The fourth-order valence-corrected chi connectivity index (χ4v) is 2.44. The lowest BCUT2D eigenvalue weighted by molar-refractivity contribution is -0.134. The van der Waals surface area contributed by atoms with Crippen molar-refractivity contribution in [3.05, 3.63) is 41.5 Å². The number of benzene rings is 1. The molecule has 1 aromatic carbocycles. The fraction of sp³-hybridized carbons (Fsp3) is 0.375. The average molecular weight is 273 g/mol. The van der Waals surface area contributed by atoms with Crippen LogP contribution in [0.15, 0.2) is 30.3 Å². The molecule has 1 heterocycles. The summed E-state index contributed by atoms with van der Waals surface area (Å²) in [4.78, 5) is 23.8. The van der Waals surface area contributed by atoms with Gasteiger partial charge in [-0.3, -0.25) is 4.79 Å². The van der Waals surface area contributed by atoms with E-state index >= 15 is 0 Å². The Hall–Kier alpha value is -2.10. The molecule has 2 atom stereocenters. The van der Waals surface area contributed by atoms with Crippen LogP contribution in [0.25, 0.3) is 5.57 Å². The van der Waals surface area contributed by atoms with Crippen LogP contribution in [0.5, 0.6) is 0 Å². The maximum atomic E-state index is 12.2. The SMILES string of the molecule is CC[C@H](C)[C@@H]1NC(=O)c2ccccc2C1=CC(=O)OC. The van der Waals surface area contributed by atoms with Crippen molar-refractivity contribution in [3.63, 3.8) is 0 Å². The quantitative estimate of drug-likeness (QED) is 0.679. The van der Waals surface area contributed by atoms with E-state index in [2.05, 4.69) is 19.2 Å². The highest BCUT2D eigenvalue weighted by Crippen LogP contribution is 2.31. The van der Waals surface area contributed by atoms with Gasteiger partial charge in [-0.1, -0.05) is 38.5 Å². The molecule has 0 aromatic heterocycles. The maximum absolute atomic E-state index is 12.2. The number of fused-ring (bicyclic) bond motifs is 1. The van der Waals surface area contributed by atoms with Crippen molar-refractivity contribution in [3.8, 4) is 0 Å². The third kappa shape index (κ3) is 2.59. The van der Waals surface area contributed by atoms with Crippen molar-refractivity contribution in [2.75, 3.05) is 7.11 Å². The minimum Gasteiger partial charge on any atom is -0.466 e. The van der Waals surface area contributed by atoms with E-state index in [4.69, 9.17) is 4.74 Å². The average Bonchev–Trinajstić information content (AvgIpc) is 2.48. The molecular formula is C16H19NO3. The van der Waals surface area contributed by atoms with Gasteiger partial charge in [-0.2, -0.15) is 0 Å². The molecule has 0 bridgehead atoms. The molecule has 1 aliphatic heterocycles. The molecule has 2 rings (SSSR count). The van der Waals surface area contributed by atoms with Gasteiger partial charge in [0.05, 0.1) is 13.2 Å². The molecular weight excluding hydrogens is 254 g/mol. The van der Waals surface area contributed by atoms with E-state index in [9.17, 15) is 9.59 Å². The molecule has 0 fully saturated rings. The molecule has 4 nitrogen and oxygen atoms in total. The van der Waals surface area contributed by atoms with Gasteiger partial charge in [0.2, 0.25) is 0 Å². The minimum absolute atomic E-state index is 0.0899. The number of carbonyl (C=O) groups is 2. The molecule has 1 aromatic rings. The highest BCUT2D eigenvalue weighted by atomic mass is 16.5. The molecule has 20 heavy (non-hydrogen) atoms. The molecule has 0 aliphatic carbocycles. The van der Waals surface area contributed by atoms with E-state index < -0.39 is 5.97 Å². The monoisotopic (exact) mass is 273 g/mol. The number of hydrogen-bond acceptors (Lipinski definition) is 3. The standard InChI is InChI=1S/C16H19NO3/c1-4-10(2)15-13(9-14(18)20-3)11-7-5-6-8-12(11)16(19)17-15/h5-10,15H,4H2,1-3H3,(H,17,19)/t10-,15-/m0/s1. The Kier molecular flexibility index (Phi) is 4.23. The number of hydrogen-bond donors (Lipinski definition) is 1. The van der Waals surface area contributed by atoms with Crippen molar-refractivity contribution in [1.29, 1.82) is 0 Å². The first-order valence-corrected chi connectivity index (χ1v) is 6.78. The number of methoxy groups -OCH3 is 1. The van der Waals surface area contributed by atoms with Crippen LogP contribution in [0.2, 0.25) is 0 Å². The first-order chi connectivity index (χ1) is 9.58. The number of carbonyl (C=O) groups excluding carboxylic acids is 2. The zero-order valence-electron chi connectivity index (χ0n) is 12.0. The molecule has 0 saturated carbocycles. The first kappa shape index (κ1) is 14.3. The summed E-state index contributed by atoms with van der Waals surface area (Å²) in [5, 5.41) is 2.99. The Balaban J connectivity index is 2.55. The molecule has 106 valence electrons. The maximum Gasteiger partial charge on any atom is 0.330 e. The lowest BCUT2D eigenvalue weighted by Crippen LogP contribution is -2.44. The molecule has 1 amide bonds. The Labute approximate surface area is 118 Å². The van der Waals surface area contributed by atoms with Crippen molar-refractivity contribution >= 4 is 17.4 Å². The van der Waals surface area contributed by atoms with Gasteiger partial charge < -0.3 is 10.1 Å². The molecule has 0 spiro atoms. The van der Waals surface area contributed by atoms with Gasteiger partial charge >= 0.3 is 5.97 Å². The van der Waals surface area contributed by atoms with E-state index in [-0.39, 0.29) is 17.9 Å². The van der Waals surface area contributed by atoms with Crippen molar-refractivity contribution in [2.24, 2.45) is 5.92 Å². The van der Waals surface area contributed by atoms with Crippen LogP contribution in [-0.4, -0.2) is 25.0 Å². The summed E-state index contributed by atoms with van der Waals surface area (Å²) in [6, 6.07) is 7.16. The predicted octanol–water partition coefficient (Wildman–Crippen LogP) is 2.40. The highest BCUT2D eigenvalue weighted by Gasteiger charge is 2.31. The van der Waals surface area contributed by atoms with Gasteiger partial charge in [0.25, 0.3) is 5.91 Å². The second-order valence-corrected chi connectivity index (χ2v) is 5.01. The summed E-state index contributed by atoms with van der Waals surface area (Å²) in [7, 11) is 1.35. The van der Waals surface area contributed by atoms with Crippen molar-refractivity contribution in [2.45, 2.75) is 26.3 Å². The molecule has 0 unspecified atom stereocenters. The van der Waals surface area contributed by atoms with Gasteiger partial charge in [-0.15, -0.1) is 0 Å². The molecule has 1 aliphatic rings. The highest BCUT2D eigenvalue weighted by molar-refractivity contribution is 6.06. The smallest absolute Gasteiger partial charge is 0.330 e. The van der Waals surface area contributed by atoms with Gasteiger partial charge in [0.15, 0.2) is 0 Å². The lowest BCUT2D eigenvalue weighted by atomic mass is 9.82. The van der Waals surface area contributed by atoms with Crippen molar-refractivity contribution < 1.29 is 14.3 Å². The van der Waals surface area contributed by atoms with Gasteiger partial charge in [-0.25, -0.2) is 4.79 Å². The van der Waals surface area contributed by atoms with E-state index in [1.807, 2.05) is 18.2 Å². The van der Waals surface area contributed by atoms with Crippen LogP contribution in [0.1, 0.15) is 36.2 Å². The molecule has 4 heteroatoms. The Morgan fingerprint density at radius 2 is 2.05 bits per heavy atom. The van der Waals surface area contributed by atoms with E-state index in [0.717, 1.165) is 17.6 Å². The predicted molar refractivity (Wildman–Crippen MR) is 77.1 cm³/mol. The fourth-order valence-electron chi connectivity index (χ4n) is 2.44. The van der Waals surface area contributed by atoms with Crippen LogP contribution in [0.4, 0.5) is 0 Å². The van der Waals surface area contributed by atoms with E-state index in [1.54, 1.807) is 6.07 Å². The summed E-state index contributed by atoms with van der Waals surface area (Å²) in [6.45, 7) is 4.12. The third-order valence-electron chi connectivity index (χ3n) is 3.79. The summed E-state index contributed by atoms with van der Waals surface area (Å²) >= 11 is 0. The molecule has 0 radical (unpaired) electrons. The largest absolute Gasteiger partial charge is 0.466 e. The summed E-state index contributed by atoms with van der Waals surface area (Å²) in [6.07, 6.45) is 2.39. The zero-order chi connectivity index (χ0) is 14.7. The van der Waals surface area contributed by atoms with E-state index in [1.165, 1.54) is 13.2 Å². The summed E-state index contributed by atoms with van der Waals surface area (Å²) in [5.41, 5.74) is 2.23. The van der Waals surface area contributed by atoms with Crippen LogP contribution < -0.4 is 5.32 Å². The van der Waals surface area contributed by atoms with Crippen LogP contribution in [-0.2, 0) is 9.53 Å². The number of esters is 1. The summed E-state index contributed by atoms with van der Waals surface area (Å²) < 4.78 is 4.73. The van der Waals surface area contributed by atoms with Gasteiger partial charge in [0, 0.05) is 11.6 Å². The molecule has 1 N–H and O–H groups in total. The Bertz CT molecular complexity index is 563. The number of nitrogens with one attached hydrogen (secondary N) is 1. The van der Waals surface area contributed by atoms with Gasteiger partial charge in [-0.05, 0) is 23.1 Å². The Morgan fingerprint density at radius 3 is 2.65 bits per heavy atom. The van der Waals surface area contributed by atoms with Crippen LogP contribution >= 0.6 is 0 Å². The molecule has 0 saturated heterocycles. The second kappa shape index (κ2) is 5.90. The van der Waals surface area contributed by atoms with Gasteiger partial charge in [0.1, 0.15) is 0 Å².